The smallest absolute Gasteiger partial charge is 0.275 e. The zero-order chi connectivity index (χ0) is 27.3. The van der Waals surface area contributed by atoms with Crippen LogP contribution in [0.1, 0.15) is 39.6 Å². The van der Waals surface area contributed by atoms with Gasteiger partial charge in [0.05, 0.1) is 17.9 Å². The van der Waals surface area contributed by atoms with Gasteiger partial charge in [-0.15, -0.1) is 0 Å². The Morgan fingerprint density at radius 1 is 1.00 bits per heavy atom. The van der Waals surface area contributed by atoms with Crippen molar-refractivity contribution in [2.45, 2.75) is 19.3 Å². The molecule has 1 aliphatic heterocycles. The molecule has 0 spiro atoms. The highest BCUT2D eigenvalue weighted by Gasteiger charge is 2.41. The Bertz CT molecular complexity index is 1390. The lowest BCUT2D eigenvalue weighted by Crippen LogP contribution is -2.33. The number of ether oxygens (including phenoxy) is 1. The van der Waals surface area contributed by atoms with Gasteiger partial charge in [0.2, 0.25) is 5.91 Å². The van der Waals surface area contributed by atoms with E-state index in [2.05, 4.69) is 10.6 Å². The molecule has 1 aliphatic rings. The van der Waals surface area contributed by atoms with Crippen LogP contribution in [0.5, 0.6) is 5.75 Å². The molecule has 3 amide bonds. The molecule has 0 radical (unpaired) electrons. The number of likely N-dealkylation sites (N-methyl/N-ethyl adjacent to an activating group) is 1. The predicted octanol–water partition coefficient (Wildman–Crippen LogP) is 5.15. The summed E-state index contributed by atoms with van der Waals surface area (Å²) in [5.74, 6) is -4.36. The van der Waals surface area contributed by atoms with Crippen molar-refractivity contribution in [2.75, 3.05) is 30.4 Å². The normalized spacial score (nSPS) is 15.3. The molecule has 7 nitrogen and oxygen atoms in total. The number of benzene rings is 3. The number of para-hydroxylation sites is 2. The van der Waals surface area contributed by atoms with Crippen molar-refractivity contribution in [3.8, 4) is 5.75 Å². The number of amides is 3. The Morgan fingerprint density at radius 3 is 2.39 bits per heavy atom. The molecular formula is C29H27F2N3O4. The van der Waals surface area contributed by atoms with Crippen LogP contribution in [0.2, 0.25) is 0 Å². The number of alkyl halides is 2. The lowest BCUT2D eigenvalue weighted by atomic mass is 9.97. The molecule has 0 saturated heterocycles. The molecule has 196 valence electrons. The predicted molar refractivity (Wildman–Crippen MR) is 142 cm³/mol. The molecule has 0 aromatic heterocycles. The van der Waals surface area contributed by atoms with Crippen molar-refractivity contribution >= 4 is 34.7 Å². The van der Waals surface area contributed by atoms with E-state index in [0.717, 1.165) is 6.08 Å². The van der Waals surface area contributed by atoms with E-state index in [-0.39, 0.29) is 29.3 Å². The van der Waals surface area contributed by atoms with Crippen molar-refractivity contribution in [1.82, 2.24) is 5.32 Å². The van der Waals surface area contributed by atoms with Crippen LogP contribution in [0.4, 0.5) is 20.2 Å². The lowest BCUT2D eigenvalue weighted by molar-refractivity contribution is -0.116. The molecule has 0 fully saturated rings. The number of fused-ring (bicyclic) bond motifs is 1. The molecule has 0 bridgehead atoms. The van der Waals surface area contributed by atoms with Gasteiger partial charge in [-0.1, -0.05) is 30.3 Å². The first-order valence-electron chi connectivity index (χ1n) is 12.1. The van der Waals surface area contributed by atoms with Crippen molar-refractivity contribution in [2.24, 2.45) is 0 Å². The van der Waals surface area contributed by atoms with Gasteiger partial charge in [0.25, 0.3) is 17.7 Å². The van der Waals surface area contributed by atoms with Gasteiger partial charge in [0.1, 0.15) is 5.75 Å². The van der Waals surface area contributed by atoms with Crippen molar-refractivity contribution < 1.29 is 27.9 Å². The molecule has 2 N–H and O–H groups in total. The van der Waals surface area contributed by atoms with Gasteiger partial charge < -0.3 is 20.3 Å². The number of rotatable bonds is 6. The van der Waals surface area contributed by atoms with E-state index in [9.17, 15) is 14.4 Å². The van der Waals surface area contributed by atoms with Gasteiger partial charge >= 0.3 is 0 Å². The van der Waals surface area contributed by atoms with Gasteiger partial charge in [0.15, 0.2) is 0 Å². The number of hydrogen-bond acceptors (Lipinski definition) is 4. The average molecular weight is 520 g/mol. The van der Waals surface area contributed by atoms with E-state index in [1.165, 1.54) is 30.1 Å². The van der Waals surface area contributed by atoms with E-state index in [0.29, 0.717) is 23.6 Å². The van der Waals surface area contributed by atoms with E-state index in [4.69, 9.17) is 4.74 Å². The second-order valence-corrected chi connectivity index (χ2v) is 8.56. The minimum atomic E-state index is -3.32. The summed E-state index contributed by atoms with van der Waals surface area (Å²) < 4.78 is 35.7. The summed E-state index contributed by atoms with van der Waals surface area (Å²) in [7, 11) is 1.36. The highest BCUT2D eigenvalue weighted by atomic mass is 19.3. The highest BCUT2D eigenvalue weighted by Crippen LogP contribution is 2.43. The largest absolute Gasteiger partial charge is 0.493 e. The number of carbonyl (C=O) groups excluding carboxylic acids is 3. The summed E-state index contributed by atoms with van der Waals surface area (Å²) in [6.45, 7) is 1.99. The molecule has 0 atom stereocenters. The number of halogens is 2. The molecule has 38 heavy (non-hydrogen) atoms. The van der Waals surface area contributed by atoms with Crippen LogP contribution < -0.4 is 20.3 Å². The van der Waals surface area contributed by atoms with Crippen LogP contribution >= 0.6 is 0 Å². The first-order chi connectivity index (χ1) is 18.2. The van der Waals surface area contributed by atoms with Gasteiger partial charge in [0, 0.05) is 48.5 Å². The maximum Gasteiger partial charge on any atom is 0.275 e. The van der Waals surface area contributed by atoms with Crippen LogP contribution in [0, 0.1) is 0 Å². The van der Waals surface area contributed by atoms with Gasteiger partial charge in [-0.25, -0.2) is 8.78 Å². The number of hydrogen-bond donors (Lipinski definition) is 2. The molecule has 1 heterocycles. The average Bonchev–Trinajstić information content (AvgIpc) is 3.03. The SMILES string of the molecule is CCOc1ccccc1C(=O)Nc1ccc(C(=O)N2CCC(F)(F)C(=CC(=O)NC)c3ccccc32)cc1. The summed E-state index contributed by atoms with van der Waals surface area (Å²) >= 11 is 0. The minimum absolute atomic E-state index is 0.115. The molecule has 0 saturated carbocycles. The summed E-state index contributed by atoms with van der Waals surface area (Å²) in [4.78, 5) is 39.5. The number of nitrogens with one attached hydrogen (secondary N) is 2. The van der Waals surface area contributed by atoms with Crippen LogP contribution in [-0.4, -0.2) is 43.8 Å². The van der Waals surface area contributed by atoms with Gasteiger partial charge in [-0.05, 0) is 49.4 Å². The van der Waals surface area contributed by atoms with Crippen molar-refractivity contribution in [3.05, 3.63) is 95.6 Å². The molecular weight excluding hydrogens is 492 g/mol. The van der Waals surface area contributed by atoms with Gasteiger partial charge in [-0.3, -0.25) is 14.4 Å². The number of anilines is 2. The van der Waals surface area contributed by atoms with Crippen LogP contribution in [0.3, 0.4) is 0 Å². The number of nitrogens with zero attached hydrogens (tertiary/aromatic N) is 1. The zero-order valence-electron chi connectivity index (χ0n) is 21.0. The standard InChI is InChI=1S/C29H27F2N3O4/c1-3-38-25-11-7-5-9-22(25)27(36)33-20-14-12-19(13-15-20)28(37)34-17-16-29(30,31)23(18-26(35)32-2)21-8-4-6-10-24(21)34/h4-15,18H,3,16-17H2,1-2H3,(H,32,35)(H,33,36). The number of carbonyl (C=O) groups is 3. The second-order valence-electron chi connectivity index (χ2n) is 8.56. The fourth-order valence-corrected chi connectivity index (χ4v) is 4.22. The number of allylic oxidation sites excluding steroid dienone is 1. The summed E-state index contributed by atoms with van der Waals surface area (Å²) in [6, 6.07) is 19.4. The van der Waals surface area contributed by atoms with Crippen molar-refractivity contribution in [3.63, 3.8) is 0 Å². The fraction of sp³-hybridized carbons (Fsp3) is 0.207. The Balaban J connectivity index is 1.59. The summed E-state index contributed by atoms with van der Waals surface area (Å²) in [6.07, 6.45) is 0.234. The van der Waals surface area contributed by atoms with Crippen LogP contribution in [0.15, 0.2) is 78.9 Å². The van der Waals surface area contributed by atoms with E-state index >= 15 is 8.78 Å². The third-order valence-corrected chi connectivity index (χ3v) is 6.12. The second kappa shape index (κ2) is 11.2. The molecule has 0 unspecified atom stereocenters. The summed E-state index contributed by atoms with van der Waals surface area (Å²) in [5.41, 5.74) is 1.05. The first-order valence-corrected chi connectivity index (χ1v) is 12.1. The van der Waals surface area contributed by atoms with E-state index in [1.54, 1.807) is 54.6 Å². The zero-order valence-corrected chi connectivity index (χ0v) is 21.0. The monoisotopic (exact) mass is 519 g/mol. The topological polar surface area (TPSA) is 87.7 Å². The molecule has 3 aromatic rings. The minimum Gasteiger partial charge on any atom is -0.493 e. The Kier molecular flexibility index (Phi) is 7.85. The quantitative estimate of drug-likeness (QED) is 0.441. The Hall–Kier alpha value is -4.53. The third-order valence-electron chi connectivity index (χ3n) is 6.12. The van der Waals surface area contributed by atoms with Crippen LogP contribution in [-0.2, 0) is 4.79 Å². The van der Waals surface area contributed by atoms with Crippen molar-refractivity contribution in [1.29, 1.82) is 0 Å². The maximum absolute atomic E-state index is 15.1. The lowest BCUT2D eigenvalue weighted by Gasteiger charge is -2.23. The maximum atomic E-state index is 15.1. The fourth-order valence-electron chi connectivity index (χ4n) is 4.22. The Labute approximate surface area is 219 Å². The summed E-state index contributed by atoms with van der Waals surface area (Å²) in [5, 5.41) is 5.11. The first kappa shape index (κ1) is 26.5. The molecule has 4 rings (SSSR count). The van der Waals surface area contributed by atoms with Crippen LogP contribution in [0.25, 0.3) is 5.57 Å². The van der Waals surface area contributed by atoms with E-state index in [1.807, 2.05) is 6.92 Å². The van der Waals surface area contributed by atoms with E-state index < -0.39 is 29.7 Å². The third kappa shape index (κ3) is 5.56. The molecule has 9 heteroatoms. The molecule has 3 aromatic carbocycles. The Morgan fingerprint density at radius 2 is 1.68 bits per heavy atom. The van der Waals surface area contributed by atoms with Gasteiger partial charge in [-0.2, -0.15) is 0 Å². The molecule has 0 aliphatic carbocycles. The highest BCUT2D eigenvalue weighted by molar-refractivity contribution is 6.10.